The minimum atomic E-state index is -1.14. The molecule has 1 aliphatic rings. The highest BCUT2D eigenvalue weighted by Crippen LogP contribution is 2.26. The molecule has 0 spiro atoms. The fraction of sp³-hybridized carbons (Fsp3) is 0.692. The quantitative estimate of drug-likeness (QED) is 0.840. The number of rotatable bonds is 5. The molecule has 1 aromatic rings. The molecular formula is C13H20N4O3. The average molecular weight is 280 g/mol. The topological polar surface area (TPSA) is 97.1 Å². The molecule has 0 aromatic carbocycles. The Kier molecular flexibility index (Phi) is 4.70. The van der Waals surface area contributed by atoms with E-state index in [1.807, 2.05) is 0 Å². The summed E-state index contributed by atoms with van der Waals surface area (Å²) in [5, 5.41) is 18.8. The van der Waals surface area contributed by atoms with Gasteiger partial charge in [0.05, 0.1) is 6.20 Å². The first kappa shape index (κ1) is 14.5. The molecular weight excluding hydrogens is 260 g/mol. The zero-order valence-electron chi connectivity index (χ0n) is 11.6. The Morgan fingerprint density at radius 1 is 1.40 bits per heavy atom. The monoisotopic (exact) mass is 280 g/mol. The van der Waals surface area contributed by atoms with Gasteiger partial charge in [-0.05, 0) is 31.6 Å². The van der Waals surface area contributed by atoms with Gasteiger partial charge in [-0.3, -0.25) is 4.79 Å². The highest BCUT2D eigenvalue weighted by atomic mass is 16.4. The summed E-state index contributed by atoms with van der Waals surface area (Å²) < 4.78 is 1.25. The van der Waals surface area contributed by atoms with Crippen LogP contribution in [0.4, 0.5) is 0 Å². The fourth-order valence-electron chi connectivity index (χ4n) is 2.61. The van der Waals surface area contributed by atoms with Gasteiger partial charge in [0, 0.05) is 6.04 Å². The maximum absolute atomic E-state index is 11.9. The third-order valence-corrected chi connectivity index (χ3v) is 3.85. The Morgan fingerprint density at radius 2 is 2.10 bits per heavy atom. The molecule has 2 N–H and O–H groups in total. The Hall–Kier alpha value is -1.92. The van der Waals surface area contributed by atoms with Crippen LogP contribution in [0.25, 0.3) is 0 Å². The van der Waals surface area contributed by atoms with Crippen molar-refractivity contribution in [2.75, 3.05) is 0 Å². The van der Waals surface area contributed by atoms with Gasteiger partial charge in [0.25, 0.3) is 0 Å². The Labute approximate surface area is 117 Å². The summed E-state index contributed by atoms with van der Waals surface area (Å²) in [4.78, 5) is 22.5. The molecule has 0 saturated heterocycles. The molecule has 1 amide bonds. The Balaban J connectivity index is 1.79. The SMILES string of the molecule is CCC1CCC(NC(=O)Cn2cc(C(=O)O)nn2)CC1. The first-order chi connectivity index (χ1) is 9.58. The van der Waals surface area contributed by atoms with Crippen LogP contribution in [-0.2, 0) is 11.3 Å². The van der Waals surface area contributed by atoms with Crippen molar-refractivity contribution in [1.82, 2.24) is 20.3 Å². The van der Waals surface area contributed by atoms with E-state index in [2.05, 4.69) is 22.6 Å². The normalized spacial score (nSPS) is 22.4. The van der Waals surface area contributed by atoms with E-state index in [-0.39, 0.29) is 24.2 Å². The number of carboxylic acids is 1. The molecule has 20 heavy (non-hydrogen) atoms. The van der Waals surface area contributed by atoms with E-state index in [0.29, 0.717) is 0 Å². The molecule has 1 aliphatic carbocycles. The van der Waals surface area contributed by atoms with Crippen LogP contribution in [0.1, 0.15) is 49.5 Å². The summed E-state index contributed by atoms with van der Waals surface area (Å²) in [6, 6.07) is 0.229. The number of hydrogen-bond donors (Lipinski definition) is 2. The molecule has 1 fully saturated rings. The van der Waals surface area contributed by atoms with Gasteiger partial charge in [-0.2, -0.15) is 0 Å². The smallest absolute Gasteiger partial charge is 0.358 e. The molecule has 0 bridgehead atoms. The lowest BCUT2D eigenvalue weighted by Gasteiger charge is -2.28. The number of aromatic carboxylic acids is 1. The Bertz CT molecular complexity index is 478. The number of nitrogens with zero attached hydrogens (tertiary/aromatic N) is 3. The summed E-state index contributed by atoms with van der Waals surface area (Å²) in [5.74, 6) is -0.502. The van der Waals surface area contributed by atoms with Crippen LogP contribution in [-0.4, -0.2) is 38.0 Å². The summed E-state index contributed by atoms with van der Waals surface area (Å²) in [6.45, 7) is 2.21. The molecule has 0 aliphatic heterocycles. The molecule has 1 aromatic heterocycles. The lowest BCUT2D eigenvalue weighted by Crippen LogP contribution is -2.39. The number of amides is 1. The molecule has 7 heteroatoms. The van der Waals surface area contributed by atoms with Gasteiger partial charge in [0.1, 0.15) is 6.54 Å². The van der Waals surface area contributed by atoms with E-state index in [9.17, 15) is 9.59 Å². The number of carbonyl (C=O) groups is 2. The number of nitrogens with one attached hydrogen (secondary N) is 1. The van der Waals surface area contributed by atoms with Crippen LogP contribution in [0.3, 0.4) is 0 Å². The van der Waals surface area contributed by atoms with Gasteiger partial charge in [-0.15, -0.1) is 5.10 Å². The van der Waals surface area contributed by atoms with E-state index >= 15 is 0 Å². The first-order valence-corrected chi connectivity index (χ1v) is 7.01. The number of carbonyl (C=O) groups excluding carboxylic acids is 1. The Morgan fingerprint density at radius 3 is 2.65 bits per heavy atom. The minimum Gasteiger partial charge on any atom is -0.476 e. The highest BCUT2D eigenvalue weighted by molar-refractivity contribution is 5.84. The lowest BCUT2D eigenvalue weighted by molar-refractivity contribution is -0.122. The van der Waals surface area contributed by atoms with Gasteiger partial charge >= 0.3 is 5.97 Å². The second-order valence-corrected chi connectivity index (χ2v) is 5.30. The lowest BCUT2D eigenvalue weighted by atomic mass is 9.84. The standard InChI is InChI=1S/C13H20N4O3/c1-2-9-3-5-10(6-4-9)14-12(18)8-17-7-11(13(19)20)15-16-17/h7,9-10H,2-6,8H2,1H3,(H,14,18)(H,19,20). The van der Waals surface area contributed by atoms with E-state index in [1.54, 1.807) is 0 Å². The summed E-state index contributed by atoms with van der Waals surface area (Å²) >= 11 is 0. The molecule has 1 saturated carbocycles. The van der Waals surface area contributed by atoms with E-state index < -0.39 is 5.97 Å². The zero-order chi connectivity index (χ0) is 14.5. The first-order valence-electron chi connectivity index (χ1n) is 7.01. The predicted molar refractivity (Wildman–Crippen MR) is 71.2 cm³/mol. The summed E-state index contributed by atoms with van der Waals surface area (Å²) in [6.07, 6.45) is 6.82. The van der Waals surface area contributed by atoms with Crippen molar-refractivity contribution in [3.05, 3.63) is 11.9 Å². The minimum absolute atomic E-state index is 0.00792. The third-order valence-electron chi connectivity index (χ3n) is 3.85. The van der Waals surface area contributed by atoms with Crippen molar-refractivity contribution >= 4 is 11.9 Å². The van der Waals surface area contributed by atoms with Gasteiger partial charge in [0.15, 0.2) is 5.69 Å². The third kappa shape index (κ3) is 3.79. The van der Waals surface area contributed by atoms with E-state index in [4.69, 9.17) is 5.11 Å². The average Bonchev–Trinajstić information content (AvgIpc) is 2.88. The number of aromatic nitrogens is 3. The van der Waals surface area contributed by atoms with Gasteiger partial charge in [-0.25, -0.2) is 9.48 Å². The maximum atomic E-state index is 11.9. The van der Waals surface area contributed by atoms with Gasteiger partial charge in [-0.1, -0.05) is 18.6 Å². The van der Waals surface area contributed by atoms with Gasteiger partial charge < -0.3 is 10.4 Å². The van der Waals surface area contributed by atoms with Crippen molar-refractivity contribution in [3.63, 3.8) is 0 Å². The molecule has 7 nitrogen and oxygen atoms in total. The second-order valence-electron chi connectivity index (χ2n) is 5.30. The second kappa shape index (κ2) is 6.49. The molecule has 2 rings (SSSR count). The highest BCUT2D eigenvalue weighted by Gasteiger charge is 2.21. The van der Waals surface area contributed by atoms with Crippen LogP contribution in [0.15, 0.2) is 6.20 Å². The fourth-order valence-corrected chi connectivity index (χ4v) is 2.61. The molecule has 0 unspecified atom stereocenters. The molecule has 0 radical (unpaired) electrons. The van der Waals surface area contributed by atoms with Gasteiger partial charge in [0.2, 0.25) is 5.91 Å². The van der Waals surface area contributed by atoms with Crippen LogP contribution in [0.5, 0.6) is 0 Å². The summed E-state index contributed by atoms with van der Waals surface area (Å²) in [7, 11) is 0. The predicted octanol–water partition coefficient (Wildman–Crippen LogP) is 1.06. The largest absolute Gasteiger partial charge is 0.476 e. The number of carboxylic acid groups (broad SMARTS) is 1. The van der Waals surface area contributed by atoms with Crippen molar-refractivity contribution in [2.45, 2.75) is 51.6 Å². The van der Waals surface area contributed by atoms with Crippen molar-refractivity contribution in [2.24, 2.45) is 5.92 Å². The molecule has 1 heterocycles. The summed E-state index contributed by atoms with van der Waals surface area (Å²) in [5.41, 5.74) is -0.152. The van der Waals surface area contributed by atoms with Crippen LogP contribution in [0, 0.1) is 5.92 Å². The van der Waals surface area contributed by atoms with Crippen molar-refractivity contribution in [1.29, 1.82) is 0 Å². The maximum Gasteiger partial charge on any atom is 0.358 e. The van der Waals surface area contributed by atoms with Crippen molar-refractivity contribution in [3.8, 4) is 0 Å². The molecule has 110 valence electrons. The van der Waals surface area contributed by atoms with Crippen LogP contribution >= 0.6 is 0 Å². The van der Waals surface area contributed by atoms with E-state index in [0.717, 1.165) is 31.6 Å². The van der Waals surface area contributed by atoms with Crippen LogP contribution < -0.4 is 5.32 Å². The van der Waals surface area contributed by atoms with Crippen molar-refractivity contribution < 1.29 is 14.7 Å². The number of hydrogen-bond acceptors (Lipinski definition) is 4. The van der Waals surface area contributed by atoms with E-state index in [1.165, 1.54) is 17.3 Å². The molecule has 0 atom stereocenters. The van der Waals surface area contributed by atoms with Crippen LogP contribution in [0.2, 0.25) is 0 Å². The zero-order valence-corrected chi connectivity index (χ0v) is 11.6.